The molecule has 3 aromatic carbocycles. The normalized spacial score (nSPS) is 23.0. The fraction of sp³-hybridized carbons (Fsp3) is 0.250. The molecule has 0 radical (unpaired) electrons. The molecule has 0 aromatic heterocycles. The first-order valence-corrected chi connectivity index (χ1v) is 12.5. The summed E-state index contributed by atoms with van der Waals surface area (Å²) < 4.78 is 22.7. The Hall–Kier alpha value is -3.66. The second-order valence-electron chi connectivity index (χ2n) is 8.24. The minimum Gasteiger partial charge on any atom is -0.463 e. The molecule has 0 bridgehead atoms. The molecule has 0 aliphatic carbocycles. The largest absolute Gasteiger partial charge is 0.463 e. The second-order valence-corrected chi connectivity index (χ2v) is 9.41. The molecule has 1 fully saturated rings. The number of hydrogen-bond donors (Lipinski definition) is 1. The average molecular weight is 523 g/mol. The number of benzene rings is 3. The van der Waals surface area contributed by atoms with Crippen LogP contribution < -0.4 is 0 Å². The maximum atomic E-state index is 13.0. The van der Waals surface area contributed by atoms with Crippen molar-refractivity contribution < 1.29 is 38.4 Å². The SMILES string of the molecule is CC(=O)OC[C@H]1O[C@@H](Sc2ccccc2)[C@H](OC(=O)c2ccccc2)[C@@H](OC(=O)c2ccccc2)[C@@H]1O. The molecule has 1 N–H and O–H groups in total. The first-order chi connectivity index (χ1) is 17.9. The Morgan fingerprint density at radius 1 is 0.784 bits per heavy atom. The summed E-state index contributed by atoms with van der Waals surface area (Å²) in [5.41, 5.74) is -0.346. The molecule has 0 unspecified atom stereocenters. The summed E-state index contributed by atoms with van der Waals surface area (Å²) in [6, 6.07) is 25.9. The lowest BCUT2D eigenvalue weighted by molar-refractivity contribution is -0.210. The first-order valence-electron chi connectivity index (χ1n) is 11.6. The van der Waals surface area contributed by atoms with E-state index in [1.54, 1.807) is 60.7 Å². The molecule has 5 atom stereocenters. The molecule has 9 heteroatoms. The molecule has 192 valence electrons. The van der Waals surface area contributed by atoms with Gasteiger partial charge in [-0.2, -0.15) is 0 Å². The van der Waals surface area contributed by atoms with E-state index in [0.717, 1.165) is 4.90 Å². The van der Waals surface area contributed by atoms with E-state index >= 15 is 0 Å². The Labute approximate surface area is 218 Å². The second kappa shape index (κ2) is 12.5. The molecular formula is C28H26O8S. The van der Waals surface area contributed by atoms with E-state index in [-0.39, 0.29) is 17.7 Å². The van der Waals surface area contributed by atoms with Crippen molar-refractivity contribution in [1.29, 1.82) is 0 Å². The number of aliphatic hydroxyl groups excluding tert-OH is 1. The van der Waals surface area contributed by atoms with E-state index in [1.165, 1.54) is 18.7 Å². The molecule has 1 heterocycles. The van der Waals surface area contributed by atoms with Crippen molar-refractivity contribution in [2.24, 2.45) is 0 Å². The summed E-state index contributed by atoms with van der Waals surface area (Å²) in [7, 11) is 0. The fourth-order valence-corrected chi connectivity index (χ4v) is 4.87. The van der Waals surface area contributed by atoms with E-state index in [1.807, 2.05) is 30.3 Å². The highest BCUT2D eigenvalue weighted by atomic mass is 32.2. The van der Waals surface area contributed by atoms with Crippen LogP contribution in [0.5, 0.6) is 0 Å². The third-order valence-electron chi connectivity index (χ3n) is 5.57. The highest BCUT2D eigenvalue weighted by molar-refractivity contribution is 7.99. The standard InChI is InChI=1S/C28H26O8S/c1-18(29)33-17-22-23(30)24(35-26(31)19-11-5-2-6-12-19)25(36-27(32)20-13-7-3-8-14-20)28(34-22)37-21-15-9-4-10-16-21/h2-16,22-25,28,30H,17H2,1H3/t22-,23-,24+,25-,28+/m1/s1. The maximum Gasteiger partial charge on any atom is 0.338 e. The molecule has 1 saturated heterocycles. The predicted octanol–water partition coefficient (Wildman–Crippen LogP) is 3.88. The van der Waals surface area contributed by atoms with Gasteiger partial charge < -0.3 is 24.1 Å². The number of esters is 3. The van der Waals surface area contributed by atoms with Gasteiger partial charge in [-0.3, -0.25) is 4.79 Å². The highest BCUT2D eigenvalue weighted by Crippen LogP contribution is 2.37. The van der Waals surface area contributed by atoms with Crippen LogP contribution in [-0.4, -0.2) is 59.5 Å². The van der Waals surface area contributed by atoms with Crippen LogP contribution in [0.3, 0.4) is 0 Å². The summed E-state index contributed by atoms with van der Waals surface area (Å²) in [4.78, 5) is 38.3. The van der Waals surface area contributed by atoms with Crippen LogP contribution in [0.1, 0.15) is 27.6 Å². The molecule has 0 amide bonds. The Balaban J connectivity index is 1.67. The van der Waals surface area contributed by atoms with Gasteiger partial charge in [-0.25, -0.2) is 9.59 Å². The minimum absolute atomic E-state index is 0.262. The van der Waals surface area contributed by atoms with E-state index in [4.69, 9.17) is 18.9 Å². The van der Waals surface area contributed by atoms with Crippen LogP contribution in [0.25, 0.3) is 0 Å². The van der Waals surface area contributed by atoms with Crippen LogP contribution in [0.2, 0.25) is 0 Å². The van der Waals surface area contributed by atoms with E-state index in [9.17, 15) is 19.5 Å². The molecule has 3 aromatic rings. The van der Waals surface area contributed by atoms with Crippen molar-refractivity contribution >= 4 is 29.7 Å². The topological polar surface area (TPSA) is 108 Å². The van der Waals surface area contributed by atoms with Crippen LogP contribution in [0, 0.1) is 0 Å². The van der Waals surface area contributed by atoms with Gasteiger partial charge in [0.05, 0.1) is 11.1 Å². The Bertz CT molecular complexity index is 1190. The van der Waals surface area contributed by atoms with Crippen molar-refractivity contribution in [3.63, 3.8) is 0 Å². The van der Waals surface area contributed by atoms with Gasteiger partial charge in [-0.15, -0.1) is 0 Å². The van der Waals surface area contributed by atoms with Gasteiger partial charge in [-0.1, -0.05) is 66.4 Å². The zero-order valence-electron chi connectivity index (χ0n) is 20.0. The van der Waals surface area contributed by atoms with Crippen LogP contribution in [-0.2, 0) is 23.7 Å². The van der Waals surface area contributed by atoms with Crippen LogP contribution in [0.4, 0.5) is 0 Å². The lowest BCUT2D eigenvalue weighted by atomic mass is 9.99. The Morgan fingerprint density at radius 3 is 1.78 bits per heavy atom. The van der Waals surface area contributed by atoms with Crippen LogP contribution in [0.15, 0.2) is 95.9 Å². The van der Waals surface area contributed by atoms with Gasteiger partial charge in [0.25, 0.3) is 0 Å². The number of aliphatic hydroxyl groups is 1. The molecule has 8 nitrogen and oxygen atoms in total. The molecular weight excluding hydrogens is 496 g/mol. The maximum absolute atomic E-state index is 13.0. The van der Waals surface area contributed by atoms with Gasteiger partial charge in [0.15, 0.2) is 12.2 Å². The summed E-state index contributed by atoms with van der Waals surface area (Å²) in [6.07, 6.45) is -4.98. The zero-order valence-corrected chi connectivity index (χ0v) is 20.8. The van der Waals surface area contributed by atoms with E-state index < -0.39 is 47.8 Å². The number of hydrogen-bond acceptors (Lipinski definition) is 9. The van der Waals surface area contributed by atoms with Gasteiger partial charge in [0.2, 0.25) is 0 Å². The molecule has 4 rings (SSSR count). The smallest absolute Gasteiger partial charge is 0.338 e. The summed E-state index contributed by atoms with van der Waals surface area (Å²) in [6.45, 7) is 0.962. The first kappa shape index (κ1) is 26.4. The van der Waals surface area contributed by atoms with Crippen molar-refractivity contribution in [3.05, 3.63) is 102 Å². The molecule has 1 aliphatic rings. The van der Waals surface area contributed by atoms with E-state index in [0.29, 0.717) is 0 Å². The zero-order chi connectivity index (χ0) is 26.2. The lowest BCUT2D eigenvalue weighted by Gasteiger charge is -2.43. The molecule has 37 heavy (non-hydrogen) atoms. The predicted molar refractivity (Wildman–Crippen MR) is 135 cm³/mol. The Kier molecular flexibility index (Phi) is 8.95. The third kappa shape index (κ3) is 6.97. The summed E-state index contributed by atoms with van der Waals surface area (Å²) >= 11 is 1.23. The van der Waals surface area contributed by atoms with Crippen molar-refractivity contribution in [2.45, 2.75) is 41.7 Å². The number of ether oxygens (including phenoxy) is 4. The number of carbonyl (C=O) groups is 3. The van der Waals surface area contributed by atoms with Crippen LogP contribution >= 0.6 is 11.8 Å². The Morgan fingerprint density at radius 2 is 1.27 bits per heavy atom. The number of rotatable bonds is 8. The highest BCUT2D eigenvalue weighted by Gasteiger charge is 2.50. The van der Waals surface area contributed by atoms with Crippen molar-refractivity contribution in [1.82, 2.24) is 0 Å². The van der Waals surface area contributed by atoms with Gasteiger partial charge in [0, 0.05) is 11.8 Å². The summed E-state index contributed by atoms with van der Waals surface area (Å²) in [5.74, 6) is -1.93. The summed E-state index contributed by atoms with van der Waals surface area (Å²) in [5, 5.41) is 11.2. The number of carbonyl (C=O) groups excluding carboxylic acids is 3. The molecule has 0 spiro atoms. The minimum atomic E-state index is -1.45. The number of thioether (sulfide) groups is 1. The average Bonchev–Trinajstić information content (AvgIpc) is 2.92. The van der Waals surface area contributed by atoms with Gasteiger partial charge in [-0.05, 0) is 36.4 Å². The lowest BCUT2D eigenvalue weighted by Crippen LogP contribution is -2.60. The molecule has 1 aliphatic heterocycles. The van der Waals surface area contributed by atoms with Crippen molar-refractivity contribution in [3.8, 4) is 0 Å². The van der Waals surface area contributed by atoms with Crippen molar-refractivity contribution in [2.75, 3.05) is 6.61 Å². The molecule has 0 saturated carbocycles. The fourth-order valence-electron chi connectivity index (χ4n) is 3.75. The monoisotopic (exact) mass is 522 g/mol. The third-order valence-corrected chi connectivity index (χ3v) is 6.73. The van der Waals surface area contributed by atoms with Gasteiger partial charge >= 0.3 is 17.9 Å². The quantitative estimate of drug-likeness (QED) is 0.348. The van der Waals surface area contributed by atoms with E-state index in [2.05, 4.69) is 0 Å². The van der Waals surface area contributed by atoms with Gasteiger partial charge in [0.1, 0.15) is 24.3 Å².